The number of hydrogen-bond donors (Lipinski definition) is 0. The molecule has 0 radical (unpaired) electrons. The van der Waals surface area contributed by atoms with Crippen LogP contribution in [0.5, 0.6) is 5.75 Å². The van der Waals surface area contributed by atoms with Gasteiger partial charge in [-0.15, -0.1) is 0 Å². The largest absolute Gasteiger partial charge is 0.737 e. The van der Waals surface area contributed by atoms with E-state index in [1.807, 2.05) is 0 Å². The van der Waals surface area contributed by atoms with Gasteiger partial charge in [0.15, 0.2) is 0 Å². The lowest BCUT2D eigenvalue weighted by Gasteiger charge is -2.15. The SMILES string of the molecule is COc1c(C(=O)[S-])ccc(C(F)F)c1C. The van der Waals surface area contributed by atoms with E-state index < -0.39 is 11.5 Å². The number of carbonyl (C=O) groups is 1. The number of benzene rings is 1. The van der Waals surface area contributed by atoms with Crippen molar-refractivity contribution in [2.75, 3.05) is 7.11 Å². The first kappa shape index (κ1) is 11.8. The second-order valence-electron chi connectivity index (χ2n) is 2.95. The fourth-order valence-corrected chi connectivity index (χ4v) is 1.53. The molecule has 0 heterocycles. The van der Waals surface area contributed by atoms with Gasteiger partial charge in [0.05, 0.1) is 7.11 Å². The summed E-state index contributed by atoms with van der Waals surface area (Å²) >= 11 is 4.46. The van der Waals surface area contributed by atoms with Crippen molar-refractivity contribution in [1.29, 1.82) is 0 Å². The highest BCUT2D eigenvalue weighted by Gasteiger charge is 2.16. The number of ether oxygens (including phenoxy) is 1. The first-order valence-corrected chi connectivity index (χ1v) is 4.56. The van der Waals surface area contributed by atoms with E-state index in [-0.39, 0.29) is 22.4 Å². The van der Waals surface area contributed by atoms with Gasteiger partial charge in [0.1, 0.15) is 5.75 Å². The average Bonchev–Trinajstić information content (AvgIpc) is 2.16. The van der Waals surface area contributed by atoms with Crippen LogP contribution < -0.4 is 4.74 Å². The van der Waals surface area contributed by atoms with E-state index in [0.29, 0.717) is 0 Å². The lowest BCUT2D eigenvalue weighted by atomic mass is 10.0. The Hall–Kier alpha value is -1.23. The maximum absolute atomic E-state index is 12.5. The Bertz CT molecular complexity index is 391. The molecule has 0 aliphatic heterocycles. The van der Waals surface area contributed by atoms with Crippen molar-refractivity contribution in [2.45, 2.75) is 13.3 Å². The Morgan fingerprint density at radius 1 is 1.47 bits per heavy atom. The molecule has 0 saturated carbocycles. The highest BCUT2D eigenvalue weighted by Crippen LogP contribution is 2.32. The molecular formula is C10H9F2O2S-. The minimum absolute atomic E-state index is 0.132. The van der Waals surface area contributed by atoms with Crippen LogP contribution in [0.4, 0.5) is 8.78 Å². The molecule has 0 unspecified atom stereocenters. The number of hydrogen-bond acceptors (Lipinski definition) is 3. The second kappa shape index (κ2) is 4.53. The standard InChI is InChI=1S/C10H10F2O2S/c1-5-6(9(11)12)3-4-7(10(13)15)8(5)14-2/h3-4,9H,1-2H3,(H,13,15)/p-1. The molecule has 0 fully saturated rings. The predicted molar refractivity (Wildman–Crippen MR) is 54.4 cm³/mol. The Kier molecular flexibility index (Phi) is 3.57. The molecule has 0 amide bonds. The van der Waals surface area contributed by atoms with E-state index in [9.17, 15) is 13.6 Å². The van der Waals surface area contributed by atoms with Crippen LogP contribution in [-0.2, 0) is 12.6 Å². The molecule has 0 spiro atoms. The number of methoxy groups -OCH3 is 1. The number of alkyl halides is 2. The van der Waals surface area contributed by atoms with Crippen LogP contribution in [0.3, 0.4) is 0 Å². The summed E-state index contributed by atoms with van der Waals surface area (Å²) in [5, 5.41) is -0.615. The van der Waals surface area contributed by atoms with Gasteiger partial charge in [0.25, 0.3) is 6.43 Å². The van der Waals surface area contributed by atoms with Crippen molar-refractivity contribution >= 4 is 17.7 Å². The van der Waals surface area contributed by atoms with E-state index in [1.54, 1.807) is 0 Å². The van der Waals surface area contributed by atoms with E-state index in [4.69, 9.17) is 4.74 Å². The molecule has 0 atom stereocenters. The zero-order valence-corrected chi connectivity index (χ0v) is 9.03. The summed E-state index contributed by atoms with van der Waals surface area (Å²) in [6.07, 6.45) is -2.59. The number of carbonyl (C=O) groups excluding carboxylic acids is 1. The third kappa shape index (κ3) is 2.23. The van der Waals surface area contributed by atoms with Gasteiger partial charge in [-0.1, -0.05) is 6.07 Å². The summed E-state index contributed by atoms with van der Waals surface area (Å²) in [6, 6.07) is 2.46. The van der Waals surface area contributed by atoms with Crippen LogP contribution in [-0.4, -0.2) is 12.2 Å². The van der Waals surface area contributed by atoms with Crippen LogP contribution in [0.1, 0.15) is 27.9 Å². The van der Waals surface area contributed by atoms with Gasteiger partial charge in [-0.3, -0.25) is 0 Å². The Labute approximate surface area is 91.7 Å². The Morgan fingerprint density at radius 3 is 2.47 bits per heavy atom. The Morgan fingerprint density at radius 2 is 2.07 bits per heavy atom. The third-order valence-electron chi connectivity index (χ3n) is 2.11. The van der Waals surface area contributed by atoms with Crippen LogP contribution in [0.25, 0.3) is 0 Å². The number of rotatable bonds is 3. The lowest BCUT2D eigenvalue weighted by molar-refractivity contribution is 0.108. The van der Waals surface area contributed by atoms with Crippen molar-refractivity contribution in [3.05, 3.63) is 28.8 Å². The number of halogens is 2. The lowest BCUT2D eigenvalue weighted by Crippen LogP contribution is -2.03. The molecular weight excluding hydrogens is 222 g/mol. The van der Waals surface area contributed by atoms with Crippen LogP contribution in [0.2, 0.25) is 0 Å². The van der Waals surface area contributed by atoms with Crippen molar-refractivity contribution in [3.8, 4) is 5.75 Å². The van der Waals surface area contributed by atoms with Gasteiger partial charge < -0.3 is 22.2 Å². The third-order valence-corrected chi connectivity index (χ3v) is 2.33. The zero-order chi connectivity index (χ0) is 11.6. The molecule has 0 N–H and O–H groups in total. The summed E-state index contributed by atoms with van der Waals surface area (Å²) in [4.78, 5) is 11.0. The molecule has 1 aromatic rings. The van der Waals surface area contributed by atoms with Gasteiger partial charge in [-0.05, 0) is 13.0 Å². The highest BCUT2D eigenvalue weighted by molar-refractivity contribution is 7.77. The van der Waals surface area contributed by atoms with Crippen LogP contribution in [0, 0.1) is 6.92 Å². The molecule has 0 aliphatic carbocycles. The van der Waals surface area contributed by atoms with Gasteiger partial charge in [-0.25, -0.2) is 8.78 Å². The first-order valence-electron chi connectivity index (χ1n) is 4.16. The predicted octanol–water partition coefficient (Wildman–Crippen LogP) is 2.63. The molecule has 15 heavy (non-hydrogen) atoms. The summed E-state index contributed by atoms with van der Waals surface area (Å²) in [6.45, 7) is 1.47. The smallest absolute Gasteiger partial charge is 0.264 e. The first-order chi connectivity index (χ1) is 6.99. The van der Waals surface area contributed by atoms with E-state index in [1.165, 1.54) is 26.2 Å². The monoisotopic (exact) mass is 231 g/mol. The van der Waals surface area contributed by atoms with Crippen molar-refractivity contribution in [1.82, 2.24) is 0 Å². The van der Waals surface area contributed by atoms with E-state index in [0.717, 1.165) is 0 Å². The van der Waals surface area contributed by atoms with Gasteiger partial charge >= 0.3 is 0 Å². The summed E-state index contributed by atoms with van der Waals surface area (Å²) in [7, 11) is 1.32. The van der Waals surface area contributed by atoms with Crippen molar-refractivity contribution < 1.29 is 18.3 Å². The van der Waals surface area contributed by atoms with Gasteiger partial charge in [0, 0.05) is 21.8 Å². The van der Waals surface area contributed by atoms with E-state index >= 15 is 0 Å². The Balaban J connectivity index is 3.39. The highest BCUT2D eigenvalue weighted by atomic mass is 32.1. The maximum Gasteiger partial charge on any atom is 0.264 e. The minimum atomic E-state index is -2.59. The quantitative estimate of drug-likeness (QED) is 0.748. The molecule has 2 nitrogen and oxygen atoms in total. The molecule has 0 aliphatic rings. The molecule has 1 aromatic carbocycles. The van der Waals surface area contributed by atoms with Gasteiger partial charge in [-0.2, -0.15) is 0 Å². The molecule has 0 bridgehead atoms. The molecule has 1 rings (SSSR count). The fourth-order valence-electron chi connectivity index (χ4n) is 1.37. The summed E-state index contributed by atoms with van der Waals surface area (Å²) < 4.78 is 29.9. The summed E-state index contributed by atoms with van der Waals surface area (Å²) in [5.41, 5.74) is 0.254. The van der Waals surface area contributed by atoms with Crippen molar-refractivity contribution in [2.24, 2.45) is 0 Å². The zero-order valence-electron chi connectivity index (χ0n) is 8.21. The molecule has 82 valence electrons. The normalized spacial score (nSPS) is 10.5. The molecule has 0 saturated heterocycles. The molecule has 0 aromatic heterocycles. The van der Waals surface area contributed by atoms with Gasteiger partial charge in [0.2, 0.25) is 0 Å². The molecule has 5 heteroatoms. The topological polar surface area (TPSA) is 26.3 Å². The van der Waals surface area contributed by atoms with Crippen LogP contribution >= 0.6 is 0 Å². The fraction of sp³-hybridized carbons (Fsp3) is 0.300. The minimum Gasteiger partial charge on any atom is -0.737 e. The van der Waals surface area contributed by atoms with Crippen molar-refractivity contribution in [3.63, 3.8) is 0 Å². The van der Waals surface area contributed by atoms with Crippen LogP contribution in [0.15, 0.2) is 12.1 Å². The second-order valence-corrected chi connectivity index (χ2v) is 3.32. The average molecular weight is 231 g/mol. The maximum atomic E-state index is 12.5. The summed E-state index contributed by atoms with van der Waals surface area (Å²) in [5.74, 6) is 0.132. The van der Waals surface area contributed by atoms with E-state index in [2.05, 4.69) is 12.6 Å².